The molecule has 2 fully saturated rings. The van der Waals surface area contributed by atoms with Gasteiger partial charge in [-0.25, -0.2) is 4.98 Å². The summed E-state index contributed by atoms with van der Waals surface area (Å²) in [5.74, 6) is 0.329. The van der Waals surface area contributed by atoms with Crippen molar-refractivity contribution in [3.05, 3.63) is 17.8 Å². The second kappa shape index (κ2) is 9.22. The number of carbonyl (C=O) groups is 1. The first kappa shape index (κ1) is 22.8. The number of hydrogen-bond donors (Lipinski definition) is 4. The van der Waals surface area contributed by atoms with E-state index < -0.39 is 11.7 Å². The second-order valence-corrected chi connectivity index (χ2v) is 8.81. The third-order valence-electron chi connectivity index (χ3n) is 6.66. The molecular weight excluding hydrogens is 425 g/mol. The Morgan fingerprint density at radius 1 is 1.31 bits per heavy atom. The number of carbonyl (C=O) groups excluding carboxylic acids is 1. The number of alkyl halides is 3. The van der Waals surface area contributed by atoms with Gasteiger partial charge in [-0.15, -0.1) is 0 Å². The molecule has 1 saturated heterocycles. The SMILES string of the molecule is CC[C@@H](O)[C@H]1CC[C@H](N2CC(NC(=O)CNc3n[nH]c4ncc(C(F)(F)F)cc34)C2)CC1. The smallest absolute Gasteiger partial charge is 0.393 e. The van der Waals surface area contributed by atoms with Gasteiger partial charge < -0.3 is 15.7 Å². The average molecular weight is 454 g/mol. The molecule has 3 heterocycles. The van der Waals surface area contributed by atoms with Crippen LogP contribution < -0.4 is 10.6 Å². The van der Waals surface area contributed by atoms with Gasteiger partial charge in [0.15, 0.2) is 11.5 Å². The van der Waals surface area contributed by atoms with Gasteiger partial charge in [-0.1, -0.05) is 6.92 Å². The van der Waals surface area contributed by atoms with Crippen LogP contribution >= 0.6 is 0 Å². The molecule has 11 heteroatoms. The molecule has 8 nitrogen and oxygen atoms in total. The number of nitrogens with one attached hydrogen (secondary N) is 3. The highest BCUT2D eigenvalue weighted by atomic mass is 19.4. The van der Waals surface area contributed by atoms with Crippen LogP contribution in [0.5, 0.6) is 0 Å². The van der Waals surface area contributed by atoms with Crippen molar-refractivity contribution in [2.24, 2.45) is 5.92 Å². The number of likely N-dealkylation sites (tertiary alicyclic amines) is 1. The molecule has 1 aliphatic heterocycles. The van der Waals surface area contributed by atoms with Crippen molar-refractivity contribution in [3.63, 3.8) is 0 Å². The highest BCUT2D eigenvalue weighted by molar-refractivity contribution is 5.90. The Bertz CT molecular complexity index is 935. The first-order chi connectivity index (χ1) is 15.2. The number of aliphatic hydroxyl groups excluding tert-OH is 1. The van der Waals surface area contributed by atoms with E-state index in [4.69, 9.17) is 0 Å². The van der Waals surface area contributed by atoms with Crippen LogP contribution in [0.1, 0.15) is 44.6 Å². The molecule has 1 aliphatic carbocycles. The molecule has 0 spiro atoms. The number of anilines is 1. The van der Waals surface area contributed by atoms with Crippen LogP contribution in [0.15, 0.2) is 12.3 Å². The minimum Gasteiger partial charge on any atom is -0.393 e. The number of nitrogens with zero attached hydrogens (tertiary/aromatic N) is 3. The van der Waals surface area contributed by atoms with Gasteiger partial charge in [0.05, 0.1) is 29.6 Å². The number of aromatic amines is 1. The van der Waals surface area contributed by atoms with Gasteiger partial charge in [-0.2, -0.15) is 18.3 Å². The molecule has 4 rings (SSSR count). The Hall–Kier alpha value is -2.40. The number of pyridine rings is 1. The molecule has 0 bridgehead atoms. The average Bonchev–Trinajstić information content (AvgIpc) is 3.16. The largest absolute Gasteiger partial charge is 0.417 e. The van der Waals surface area contributed by atoms with Gasteiger partial charge >= 0.3 is 6.18 Å². The zero-order valence-corrected chi connectivity index (χ0v) is 18.0. The van der Waals surface area contributed by atoms with E-state index in [1.165, 1.54) is 0 Å². The predicted molar refractivity (Wildman–Crippen MR) is 113 cm³/mol. The van der Waals surface area contributed by atoms with Gasteiger partial charge in [0.25, 0.3) is 0 Å². The maximum absolute atomic E-state index is 12.9. The molecule has 2 aromatic heterocycles. The molecule has 1 atom stereocenters. The number of halogens is 3. The van der Waals surface area contributed by atoms with Crippen LogP contribution in [0, 0.1) is 5.92 Å². The van der Waals surface area contributed by atoms with Gasteiger partial charge in [-0.3, -0.25) is 14.8 Å². The van der Waals surface area contributed by atoms with E-state index in [-0.39, 0.29) is 41.4 Å². The van der Waals surface area contributed by atoms with E-state index in [0.29, 0.717) is 12.0 Å². The number of rotatable bonds is 7. The summed E-state index contributed by atoms with van der Waals surface area (Å²) < 4.78 is 38.8. The van der Waals surface area contributed by atoms with E-state index in [1.54, 1.807) is 0 Å². The quantitative estimate of drug-likeness (QED) is 0.512. The lowest BCUT2D eigenvalue weighted by molar-refractivity contribution is -0.137. The molecule has 176 valence electrons. The molecule has 0 radical (unpaired) electrons. The molecule has 0 unspecified atom stereocenters. The number of H-pyrrole nitrogens is 1. The maximum atomic E-state index is 12.9. The van der Waals surface area contributed by atoms with E-state index in [1.807, 2.05) is 6.92 Å². The Morgan fingerprint density at radius 2 is 2.03 bits per heavy atom. The Labute approximate surface area is 184 Å². The second-order valence-electron chi connectivity index (χ2n) is 8.81. The van der Waals surface area contributed by atoms with Gasteiger partial charge in [0.2, 0.25) is 5.91 Å². The molecule has 4 N–H and O–H groups in total. The number of hydrogen-bond acceptors (Lipinski definition) is 6. The lowest BCUT2D eigenvalue weighted by Gasteiger charge is -2.47. The summed E-state index contributed by atoms with van der Waals surface area (Å²) in [5.41, 5.74) is -0.650. The molecule has 2 aliphatic rings. The van der Waals surface area contributed by atoms with E-state index in [9.17, 15) is 23.1 Å². The topological polar surface area (TPSA) is 106 Å². The predicted octanol–water partition coefficient (Wildman–Crippen LogP) is 2.52. The Balaban J connectivity index is 1.22. The number of aliphatic hydroxyl groups is 1. The Kier molecular flexibility index (Phi) is 6.57. The maximum Gasteiger partial charge on any atom is 0.417 e. The molecule has 2 aromatic rings. The zero-order valence-electron chi connectivity index (χ0n) is 18.0. The van der Waals surface area contributed by atoms with Gasteiger partial charge in [0.1, 0.15) is 0 Å². The minimum atomic E-state index is -4.50. The number of aromatic nitrogens is 3. The fraction of sp³-hybridized carbons (Fsp3) is 0.667. The van der Waals surface area contributed by atoms with Gasteiger partial charge in [0, 0.05) is 25.3 Å². The number of fused-ring (bicyclic) bond motifs is 1. The molecule has 1 saturated carbocycles. The summed E-state index contributed by atoms with van der Waals surface area (Å²) >= 11 is 0. The van der Waals surface area contributed by atoms with Crippen molar-refractivity contribution in [1.82, 2.24) is 25.4 Å². The van der Waals surface area contributed by atoms with Crippen molar-refractivity contribution >= 4 is 22.8 Å². The van der Waals surface area contributed by atoms with Crippen molar-refractivity contribution in [2.45, 2.75) is 63.4 Å². The van der Waals surface area contributed by atoms with Crippen LogP contribution in [0.2, 0.25) is 0 Å². The minimum absolute atomic E-state index is 0.0673. The summed E-state index contributed by atoms with van der Waals surface area (Å²) in [7, 11) is 0. The molecule has 0 aromatic carbocycles. The lowest BCUT2D eigenvalue weighted by Crippen LogP contribution is -2.63. The van der Waals surface area contributed by atoms with Crippen LogP contribution in [-0.4, -0.2) is 68.9 Å². The van der Waals surface area contributed by atoms with Crippen molar-refractivity contribution < 1.29 is 23.1 Å². The van der Waals surface area contributed by atoms with Crippen LogP contribution in [-0.2, 0) is 11.0 Å². The normalized spacial score (nSPS) is 23.7. The molecular formula is C21H29F3N6O2. The Morgan fingerprint density at radius 3 is 2.69 bits per heavy atom. The monoisotopic (exact) mass is 454 g/mol. The summed E-state index contributed by atoms with van der Waals surface area (Å²) in [5, 5.41) is 22.4. The molecule has 32 heavy (non-hydrogen) atoms. The van der Waals surface area contributed by atoms with E-state index >= 15 is 0 Å². The zero-order chi connectivity index (χ0) is 22.9. The first-order valence-electron chi connectivity index (χ1n) is 11.1. The van der Waals surface area contributed by atoms with Crippen LogP contribution in [0.3, 0.4) is 0 Å². The third-order valence-corrected chi connectivity index (χ3v) is 6.66. The first-order valence-corrected chi connectivity index (χ1v) is 11.1. The highest BCUT2D eigenvalue weighted by Gasteiger charge is 2.36. The lowest BCUT2D eigenvalue weighted by atomic mass is 9.80. The van der Waals surface area contributed by atoms with Crippen molar-refractivity contribution in [3.8, 4) is 0 Å². The third kappa shape index (κ3) is 4.98. The highest BCUT2D eigenvalue weighted by Crippen LogP contribution is 2.33. The van der Waals surface area contributed by atoms with E-state index in [2.05, 4.69) is 30.7 Å². The standard InChI is InChI=1S/C21H29F3N6O2/c1-2-17(31)12-3-5-15(6-4-12)30-10-14(11-30)27-18(32)9-26-20-16-7-13(21(22,23)24)8-25-19(16)28-29-20/h7-8,12,14-15,17,31H,2-6,9-11H2,1H3,(H,27,32)(H2,25,26,28,29)/t12-,15-,17-/m1/s1. The fourth-order valence-electron chi connectivity index (χ4n) is 4.72. The van der Waals surface area contributed by atoms with Crippen molar-refractivity contribution in [1.29, 1.82) is 0 Å². The summed E-state index contributed by atoms with van der Waals surface area (Å²) in [6.07, 6.45) is 1.08. The number of amides is 1. The molecule has 1 amide bonds. The summed E-state index contributed by atoms with van der Waals surface area (Å²) in [6, 6.07) is 1.54. The summed E-state index contributed by atoms with van der Waals surface area (Å²) in [6.45, 7) is 3.51. The van der Waals surface area contributed by atoms with Crippen molar-refractivity contribution in [2.75, 3.05) is 25.0 Å². The van der Waals surface area contributed by atoms with Crippen LogP contribution in [0.25, 0.3) is 11.0 Å². The van der Waals surface area contributed by atoms with Gasteiger partial charge in [-0.05, 0) is 44.1 Å². The fourth-order valence-corrected chi connectivity index (χ4v) is 4.72. The van der Waals surface area contributed by atoms with Crippen LogP contribution in [0.4, 0.5) is 19.0 Å². The van der Waals surface area contributed by atoms with E-state index in [0.717, 1.165) is 57.5 Å². The summed E-state index contributed by atoms with van der Waals surface area (Å²) in [4.78, 5) is 18.4.